The molecule has 3 aliphatic rings. The summed E-state index contributed by atoms with van der Waals surface area (Å²) in [6.07, 6.45) is 22.4. The lowest BCUT2D eigenvalue weighted by Gasteiger charge is -2.40. The average molecular weight is 447 g/mol. The Hall–Kier alpha value is -1.32. The summed E-state index contributed by atoms with van der Waals surface area (Å²) >= 11 is 0. The molecule has 0 aromatic rings. The fourth-order valence-electron chi connectivity index (χ4n) is 6.44. The van der Waals surface area contributed by atoms with Gasteiger partial charge < -0.3 is 9.47 Å². The molecule has 0 heterocycles. The molecule has 0 saturated heterocycles. The van der Waals surface area contributed by atoms with Gasteiger partial charge in [0, 0.05) is 6.08 Å². The molecule has 0 aromatic carbocycles. The van der Waals surface area contributed by atoms with E-state index >= 15 is 0 Å². The number of hydrogen-bond acceptors (Lipinski definition) is 4. The van der Waals surface area contributed by atoms with Crippen LogP contribution in [0.1, 0.15) is 123 Å². The first-order valence-corrected chi connectivity index (χ1v) is 13.6. The molecule has 3 aliphatic carbocycles. The number of allylic oxidation sites excluding steroid dienone is 1. The molecule has 3 fully saturated rings. The van der Waals surface area contributed by atoms with E-state index in [1.54, 1.807) is 6.08 Å². The van der Waals surface area contributed by atoms with Crippen molar-refractivity contribution in [3.05, 3.63) is 12.2 Å². The van der Waals surface area contributed by atoms with Crippen molar-refractivity contribution in [3.8, 4) is 0 Å². The van der Waals surface area contributed by atoms with Crippen molar-refractivity contribution in [1.29, 1.82) is 0 Å². The van der Waals surface area contributed by atoms with Gasteiger partial charge in [0.25, 0.3) is 0 Å². The van der Waals surface area contributed by atoms with E-state index < -0.39 is 0 Å². The van der Waals surface area contributed by atoms with Gasteiger partial charge >= 0.3 is 11.9 Å². The van der Waals surface area contributed by atoms with Gasteiger partial charge in [-0.1, -0.05) is 32.3 Å². The largest absolute Gasteiger partial charge is 0.459 e. The molecule has 0 spiro atoms. The molecule has 0 bridgehead atoms. The van der Waals surface area contributed by atoms with E-state index in [9.17, 15) is 9.59 Å². The Bertz CT molecular complexity index is 603. The fourth-order valence-corrected chi connectivity index (χ4v) is 6.44. The van der Waals surface area contributed by atoms with E-state index in [2.05, 4.69) is 6.92 Å². The van der Waals surface area contributed by atoms with Gasteiger partial charge in [-0.15, -0.1) is 0 Å². The van der Waals surface area contributed by atoms with Crippen LogP contribution in [0.25, 0.3) is 0 Å². The van der Waals surface area contributed by atoms with Gasteiger partial charge in [-0.3, -0.25) is 4.79 Å². The summed E-state index contributed by atoms with van der Waals surface area (Å²) in [5, 5.41) is 0. The molecule has 4 heteroatoms. The van der Waals surface area contributed by atoms with Crippen LogP contribution in [0.15, 0.2) is 12.2 Å². The van der Waals surface area contributed by atoms with Crippen molar-refractivity contribution in [2.75, 3.05) is 0 Å². The molecule has 4 nitrogen and oxygen atoms in total. The van der Waals surface area contributed by atoms with Crippen molar-refractivity contribution < 1.29 is 19.1 Å². The smallest absolute Gasteiger partial charge is 0.330 e. The molecule has 0 aliphatic heterocycles. The maximum Gasteiger partial charge on any atom is 0.330 e. The fraction of sp³-hybridized carbons (Fsp3) is 0.857. The van der Waals surface area contributed by atoms with Gasteiger partial charge in [-0.05, 0) is 109 Å². The van der Waals surface area contributed by atoms with Crippen LogP contribution in [0, 0.1) is 17.8 Å². The molecule has 0 amide bonds. The van der Waals surface area contributed by atoms with E-state index in [0.717, 1.165) is 82.5 Å². The highest BCUT2D eigenvalue weighted by atomic mass is 16.6. The molecule has 0 unspecified atom stereocenters. The number of rotatable bonds is 9. The van der Waals surface area contributed by atoms with Crippen LogP contribution < -0.4 is 0 Å². The van der Waals surface area contributed by atoms with Crippen LogP contribution in [0.3, 0.4) is 0 Å². The number of esters is 2. The van der Waals surface area contributed by atoms with E-state index in [4.69, 9.17) is 9.47 Å². The summed E-state index contributed by atoms with van der Waals surface area (Å²) in [6.45, 7) is 4.08. The molecule has 3 saturated carbocycles. The van der Waals surface area contributed by atoms with Gasteiger partial charge in [0.1, 0.15) is 11.7 Å². The zero-order valence-electron chi connectivity index (χ0n) is 20.6. The number of ether oxygens (including phenoxy) is 2. The summed E-state index contributed by atoms with van der Waals surface area (Å²) in [7, 11) is 0. The summed E-state index contributed by atoms with van der Waals surface area (Å²) in [5.74, 6) is 1.44. The second kappa shape index (κ2) is 12.8. The van der Waals surface area contributed by atoms with Gasteiger partial charge in [0.05, 0.1) is 5.92 Å². The highest BCUT2D eigenvalue weighted by molar-refractivity contribution is 5.81. The second-order valence-electron chi connectivity index (χ2n) is 10.7. The SMILES string of the molecule is C/C=C/C(=O)OC1CCC(C2CCC(C(=O)OC3(CCCCC)CCCCC3)CC2)CC1. The van der Waals surface area contributed by atoms with E-state index in [1.165, 1.54) is 44.6 Å². The molecular formula is C28H46O4. The van der Waals surface area contributed by atoms with Crippen molar-refractivity contribution >= 4 is 11.9 Å². The third-order valence-electron chi connectivity index (χ3n) is 8.39. The van der Waals surface area contributed by atoms with Crippen LogP contribution in [0.4, 0.5) is 0 Å². The molecule has 3 rings (SSSR count). The van der Waals surface area contributed by atoms with Crippen molar-refractivity contribution in [1.82, 2.24) is 0 Å². The number of carbonyl (C=O) groups excluding carboxylic acids is 2. The molecule has 182 valence electrons. The molecule has 0 atom stereocenters. The average Bonchev–Trinajstić information content (AvgIpc) is 2.81. The molecule has 0 aromatic heterocycles. The Morgan fingerprint density at radius 3 is 2.09 bits per heavy atom. The van der Waals surface area contributed by atoms with E-state index in [0.29, 0.717) is 0 Å². The predicted molar refractivity (Wildman–Crippen MR) is 128 cm³/mol. The first-order chi connectivity index (χ1) is 15.5. The summed E-state index contributed by atoms with van der Waals surface area (Å²) in [5.41, 5.74) is -0.163. The number of unbranched alkanes of at least 4 members (excludes halogenated alkanes) is 2. The lowest BCUT2D eigenvalue weighted by atomic mass is 9.70. The molecule has 32 heavy (non-hydrogen) atoms. The standard InChI is InChI=1S/C28H46O4/c1-3-5-7-19-28(20-8-6-9-21-28)32-27(30)24-13-11-22(12-14-24)23-15-17-25(18-16-23)31-26(29)10-4-2/h4,10,22-25H,3,5-9,11-21H2,1-2H3/b10-4+. The first-order valence-electron chi connectivity index (χ1n) is 13.6. The van der Waals surface area contributed by atoms with Crippen molar-refractivity contribution in [2.45, 2.75) is 135 Å². The van der Waals surface area contributed by atoms with Crippen LogP contribution in [0.5, 0.6) is 0 Å². The molecule has 0 radical (unpaired) electrons. The molecule has 0 N–H and O–H groups in total. The van der Waals surface area contributed by atoms with Gasteiger partial charge in [-0.2, -0.15) is 0 Å². The summed E-state index contributed by atoms with van der Waals surface area (Å²) in [6, 6.07) is 0. The maximum absolute atomic E-state index is 13.1. The number of carbonyl (C=O) groups is 2. The van der Waals surface area contributed by atoms with Crippen LogP contribution in [-0.2, 0) is 19.1 Å². The molecular weight excluding hydrogens is 400 g/mol. The topological polar surface area (TPSA) is 52.6 Å². The van der Waals surface area contributed by atoms with Crippen molar-refractivity contribution in [3.63, 3.8) is 0 Å². The van der Waals surface area contributed by atoms with Crippen LogP contribution >= 0.6 is 0 Å². The predicted octanol–water partition coefficient (Wildman–Crippen LogP) is 7.30. The second-order valence-corrected chi connectivity index (χ2v) is 10.7. The minimum Gasteiger partial charge on any atom is -0.459 e. The summed E-state index contributed by atoms with van der Waals surface area (Å²) < 4.78 is 11.9. The van der Waals surface area contributed by atoms with Crippen molar-refractivity contribution in [2.24, 2.45) is 17.8 Å². The Labute approximate surface area is 195 Å². The monoisotopic (exact) mass is 446 g/mol. The zero-order chi connectivity index (χ0) is 22.8. The third-order valence-corrected chi connectivity index (χ3v) is 8.39. The lowest BCUT2D eigenvalue weighted by Crippen LogP contribution is -2.40. The normalized spacial score (nSPS) is 30.7. The van der Waals surface area contributed by atoms with Gasteiger partial charge in [0.15, 0.2) is 0 Å². The minimum absolute atomic E-state index is 0.0839. The highest BCUT2D eigenvalue weighted by Crippen LogP contribution is 2.42. The van der Waals surface area contributed by atoms with E-state index in [-0.39, 0.29) is 29.6 Å². The van der Waals surface area contributed by atoms with E-state index in [1.807, 2.05) is 6.92 Å². The Balaban J connectivity index is 1.42. The van der Waals surface area contributed by atoms with Gasteiger partial charge in [0.2, 0.25) is 0 Å². The maximum atomic E-state index is 13.1. The van der Waals surface area contributed by atoms with Gasteiger partial charge in [-0.25, -0.2) is 4.79 Å². The quantitative estimate of drug-likeness (QED) is 0.212. The Kier molecular flexibility index (Phi) is 10.1. The third kappa shape index (κ3) is 7.35. The summed E-state index contributed by atoms with van der Waals surface area (Å²) in [4.78, 5) is 24.8. The minimum atomic E-state index is -0.208. The first kappa shape index (κ1) is 25.3. The highest BCUT2D eigenvalue weighted by Gasteiger charge is 2.39. The Morgan fingerprint density at radius 2 is 1.50 bits per heavy atom. The van der Waals surface area contributed by atoms with Crippen LogP contribution in [0.2, 0.25) is 0 Å². The lowest BCUT2D eigenvalue weighted by molar-refractivity contribution is -0.171. The Morgan fingerprint density at radius 1 is 0.875 bits per heavy atom. The zero-order valence-corrected chi connectivity index (χ0v) is 20.6. The van der Waals surface area contributed by atoms with Crippen LogP contribution in [-0.4, -0.2) is 23.6 Å². The number of hydrogen-bond donors (Lipinski definition) is 0.